The molecule has 0 saturated carbocycles. The maximum absolute atomic E-state index is 6.04. The molecule has 0 fully saturated rings. The van der Waals surface area contributed by atoms with E-state index >= 15 is 0 Å². The molecule has 0 aliphatic heterocycles. The summed E-state index contributed by atoms with van der Waals surface area (Å²) in [5.41, 5.74) is 5.94. The van der Waals surface area contributed by atoms with Crippen molar-refractivity contribution in [2.75, 3.05) is 12.4 Å². The van der Waals surface area contributed by atoms with E-state index in [1.807, 2.05) is 24.3 Å². The van der Waals surface area contributed by atoms with Gasteiger partial charge in [-0.3, -0.25) is 0 Å². The zero-order valence-corrected chi connectivity index (χ0v) is 18.0. The zero-order valence-electron chi connectivity index (χ0n) is 15.9. The molecule has 0 heterocycles. The summed E-state index contributed by atoms with van der Waals surface area (Å²) < 4.78 is 12.7. The number of hydrogen-bond acceptors (Lipinski definition) is 3. The minimum Gasteiger partial charge on any atom is -0.493 e. The van der Waals surface area contributed by atoms with E-state index in [4.69, 9.17) is 9.47 Å². The van der Waals surface area contributed by atoms with Gasteiger partial charge in [0.25, 0.3) is 0 Å². The van der Waals surface area contributed by atoms with Gasteiger partial charge in [0.15, 0.2) is 11.5 Å². The Balaban J connectivity index is 1.74. The van der Waals surface area contributed by atoms with E-state index in [1.54, 1.807) is 7.11 Å². The van der Waals surface area contributed by atoms with Gasteiger partial charge in [-0.2, -0.15) is 0 Å². The first-order chi connectivity index (χ1) is 13.1. The molecule has 0 aromatic heterocycles. The summed E-state index contributed by atoms with van der Waals surface area (Å²) in [6, 6.07) is 20.8. The summed E-state index contributed by atoms with van der Waals surface area (Å²) in [7, 11) is 1.68. The second-order valence-corrected chi connectivity index (χ2v) is 7.72. The Morgan fingerprint density at radius 2 is 1.70 bits per heavy atom. The van der Waals surface area contributed by atoms with Crippen molar-refractivity contribution >= 4 is 28.3 Å². The molecule has 0 bridgehead atoms. The third-order valence-corrected chi connectivity index (χ3v) is 5.19. The van der Waals surface area contributed by atoms with Crippen LogP contribution in [0.25, 0.3) is 0 Å². The maximum atomic E-state index is 6.04. The fraction of sp³-hybridized carbons (Fsp3) is 0.217. The van der Waals surface area contributed by atoms with E-state index < -0.39 is 0 Å². The molecule has 0 atom stereocenters. The Bertz CT molecular complexity index is 910. The second kappa shape index (κ2) is 9.13. The number of nitrogens with one attached hydrogen (secondary N) is 1. The molecule has 0 spiro atoms. The van der Waals surface area contributed by atoms with Crippen molar-refractivity contribution in [2.45, 2.75) is 27.0 Å². The van der Waals surface area contributed by atoms with Crippen molar-refractivity contribution in [3.63, 3.8) is 0 Å². The SMILES string of the molecule is COc1cc(CNc2cc(C)ccc2C)cc(I)c1OCc1ccccc1. The Morgan fingerprint density at radius 1 is 0.926 bits per heavy atom. The van der Waals surface area contributed by atoms with Gasteiger partial charge in [-0.05, 0) is 76.9 Å². The van der Waals surface area contributed by atoms with Gasteiger partial charge in [-0.1, -0.05) is 42.5 Å². The van der Waals surface area contributed by atoms with E-state index in [0.717, 1.165) is 38.4 Å². The molecule has 3 nitrogen and oxygen atoms in total. The van der Waals surface area contributed by atoms with Gasteiger partial charge in [0, 0.05) is 12.2 Å². The highest BCUT2D eigenvalue weighted by atomic mass is 127. The summed E-state index contributed by atoms with van der Waals surface area (Å²) in [6.07, 6.45) is 0. The molecular weight excluding hydrogens is 449 g/mol. The average molecular weight is 473 g/mol. The normalized spacial score (nSPS) is 10.5. The fourth-order valence-corrected chi connectivity index (χ4v) is 3.69. The van der Waals surface area contributed by atoms with Crippen LogP contribution in [0.15, 0.2) is 60.7 Å². The van der Waals surface area contributed by atoms with Gasteiger partial charge in [0.2, 0.25) is 0 Å². The minimum atomic E-state index is 0.521. The predicted octanol–water partition coefficient (Wildman–Crippen LogP) is 6.11. The Labute approximate surface area is 174 Å². The number of benzene rings is 3. The van der Waals surface area contributed by atoms with Crippen LogP contribution in [0.5, 0.6) is 11.5 Å². The number of hydrogen-bond donors (Lipinski definition) is 1. The number of halogens is 1. The van der Waals surface area contributed by atoms with E-state index in [9.17, 15) is 0 Å². The van der Waals surface area contributed by atoms with E-state index in [-0.39, 0.29) is 0 Å². The van der Waals surface area contributed by atoms with Crippen LogP contribution in [-0.4, -0.2) is 7.11 Å². The van der Waals surface area contributed by atoms with E-state index in [1.165, 1.54) is 11.1 Å². The summed E-state index contributed by atoms with van der Waals surface area (Å²) >= 11 is 2.31. The van der Waals surface area contributed by atoms with Crippen LogP contribution in [0.4, 0.5) is 5.69 Å². The molecule has 4 heteroatoms. The second-order valence-electron chi connectivity index (χ2n) is 6.56. The van der Waals surface area contributed by atoms with E-state index in [2.05, 4.69) is 78.2 Å². The van der Waals surface area contributed by atoms with Crippen LogP contribution in [-0.2, 0) is 13.2 Å². The first kappa shape index (κ1) is 19.5. The number of rotatable bonds is 7. The standard InChI is InChI=1S/C23H24INO2/c1-16-9-10-17(2)21(11-16)25-14-19-12-20(24)23(22(13-19)26-3)27-15-18-7-5-4-6-8-18/h4-13,25H,14-15H2,1-3H3. The topological polar surface area (TPSA) is 30.5 Å². The third kappa shape index (κ3) is 5.16. The Morgan fingerprint density at radius 3 is 2.44 bits per heavy atom. The summed E-state index contributed by atoms with van der Waals surface area (Å²) in [5, 5.41) is 3.53. The highest BCUT2D eigenvalue weighted by molar-refractivity contribution is 14.1. The number of ether oxygens (including phenoxy) is 2. The first-order valence-corrected chi connectivity index (χ1v) is 9.99. The van der Waals surface area contributed by atoms with Crippen LogP contribution in [0.2, 0.25) is 0 Å². The van der Waals surface area contributed by atoms with Gasteiger partial charge >= 0.3 is 0 Å². The maximum Gasteiger partial charge on any atom is 0.174 e. The average Bonchev–Trinajstić information content (AvgIpc) is 2.68. The molecule has 0 aliphatic carbocycles. The molecule has 140 valence electrons. The summed E-state index contributed by atoms with van der Waals surface area (Å²) in [5.74, 6) is 1.55. The lowest BCUT2D eigenvalue weighted by Crippen LogP contribution is -2.04. The fourth-order valence-electron chi connectivity index (χ4n) is 2.87. The first-order valence-electron chi connectivity index (χ1n) is 8.91. The third-order valence-electron chi connectivity index (χ3n) is 4.39. The van der Waals surface area contributed by atoms with Crippen molar-refractivity contribution in [3.05, 3.63) is 86.5 Å². The van der Waals surface area contributed by atoms with Gasteiger partial charge in [0.1, 0.15) is 6.61 Å². The molecule has 0 amide bonds. The molecule has 1 N–H and O–H groups in total. The summed E-state index contributed by atoms with van der Waals surface area (Å²) in [6.45, 7) is 5.48. The van der Waals surface area contributed by atoms with Crippen molar-refractivity contribution in [1.82, 2.24) is 0 Å². The molecule has 3 rings (SSSR count). The zero-order chi connectivity index (χ0) is 19.2. The molecule has 27 heavy (non-hydrogen) atoms. The van der Waals surface area contributed by atoms with Crippen LogP contribution < -0.4 is 14.8 Å². The van der Waals surface area contributed by atoms with Crippen LogP contribution in [0, 0.1) is 17.4 Å². The molecular formula is C23H24INO2. The van der Waals surface area contributed by atoms with Crippen molar-refractivity contribution in [3.8, 4) is 11.5 Å². The lowest BCUT2D eigenvalue weighted by atomic mass is 10.1. The number of anilines is 1. The quantitative estimate of drug-likeness (QED) is 0.421. The van der Waals surface area contributed by atoms with Gasteiger partial charge < -0.3 is 14.8 Å². The Hall–Kier alpha value is -2.21. The predicted molar refractivity (Wildman–Crippen MR) is 120 cm³/mol. The molecule has 0 radical (unpaired) electrons. The van der Waals surface area contributed by atoms with Gasteiger partial charge in [-0.15, -0.1) is 0 Å². The minimum absolute atomic E-state index is 0.521. The smallest absolute Gasteiger partial charge is 0.174 e. The Kier molecular flexibility index (Phi) is 6.61. The molecule has 0 unspecified atom stereocenters. The lowest BCUT2D eigenvalue weighted by molar-refractivity contribution is 0.282. The van der Waals surface area contributed by atoms with Crippen LogP contribution in [0.3, 0.4) is 0 Å². The van der Waals surface area contributed by atoms with Crippen molar-refractivity contribution < 1.29 is 9.47 Å². The van der Waals surface area contributed by atoms with Gasteiger partial charge in [-0.25, -0.2) is 0 Å². The number of methoxy groups -OCH3 is 1. The molecule has 3 aromatic rings. The van der Waals surface area contributed by atoms with Crippen LogP contribution in [0.1, 0.15) is 22.3 Å². The molecule has 0 saturated heterocycles. The highest BCUT2D eigenvalue weighted by Crippen LogP contribution is 2.35. The molecule has 3 aromatic carbocycles. The van der Waals surface area contributed by atoms with E-state index in [0.29, 0.717) is 6.61 Å². The number of aryl methyl sites for hydroxylation is 2. The largest absolute Gasteiger partial charge is 0.493 e. The lowest BCUT2D eigenvalue weighted by Gasteiger charge is -2.16. The van der Waals surface area contributed by atoms with Crippen LogP contribution >= 0.6 is 22.6 Å². The highest BCUT2D eigenvalue weighted by Gasteiger charge is 2.12. The monoisotopic (exact) mass is 473 g/mol. The van der Waals surface area contributed by atoms with Gasteiger partial charge in [0.05, 0.1) is 10.7 Å². The summed E-state index contributed by atoms with van der Waals surface area (Å²) in [4.78, 5) is 0. The van der Waals surface area contributed by atoms with Crippen molar-refractivity contribution in [2.24, 2.45) is 0 Å². The molecule has 0 aliphatic rings. The van der Waals surface area contributed by atoms with Crippen molar-refractivity contribution in [1.29, 1.82) is 0 Å².